The van der Waals surface area contributed by atoms with Gasteiger partial charge in [-0.1, -0.05) is 370 Å². The smallest absolute Gasteiger partial charge is 0.463 e. The lowest BCUT2D eigenvalue weighted by atomic mass is 10.0. The average Bonchev–Trinajstić information content (AvgIpc) is 0.904. The van der Waals surface area contributed by atoms with Gasteiger partial charge in [-0.05, 0) is 161 Å². The van der Waals surface area contributed by atoms with Crippen LogP contribution in [0.5, 0.6) is 0 Å². The van der Waals surface area contributed by atoms with Gasteiger partial charge in [0, 0.05) is 19.3 Å². The summed E-state index contributed by atoms with van der Waals surface area (Å²) in [5, 5.41) is 20.7. The van der Waals surface area contributed by atoms with E-state index in [9.17, 15) is 43.5 Å². The van der Waals surface area contributed by atoms with Crippen LogP contribution in [-0.2, 0) is 55.8 Å². The molecule has 117 heavy (non-hydrogen) atoms. The first-order valence-electron chi connectivity index (χ1n) is 46.1. The Labute approximate surface area is 713 Å². The Morgan fingerprint density at radius 2 is 0.453 bits per heavy atom. The first kappa shape index (κ1) is 112. The summed E-state index contributed by atoms with van der Waals surface area (Å²) >= 11 is 0. The van der Waals surface area contributed by atoms with Crippen molar-refractivity contribution in [3.8, 4) is 0 Å². The maximum Gasteiger partial charge on any atom is 0.472 e. The fourth-order valence-corrected chi connectivity index (χ4v) is 13.8. The van der Waals surface area contributed by atoms with Crippen molar-refractivity contribution in [3.63, 3.8) is 0 Å². The van der Waals surface area contributed by atoms with Crippen molar-refractivity contribution in [1.82, 2.24) is 0 Å². The highest BCUT2D eigenvalue weighted by Gasteiger charge is 2.29. The molecule has 0 heterocycles. The van der Waals surface area contributed by atoms with Gasteiger partial charge in [-0.25, -0.2) is 9.13 Å². The fourth-order valence-electron chi connectivity index (χ4n) is 12.2. The van der Waals surface area contributed by atoms with Crippen molar-refractivity contribution in [3.05, 3.63) is 182 Å². The van der Waals surface area contributed by atoms with Crippen molar-refractivity contribution in [1.29, 1.82) is 0 Å². The lowest BCUT2D eigenvalue weighted by Crippen LogP contribution is -2.30. The Morgan fingerprint density at radius 3 is 0.718 bits per heavy atom. The molecule has 0 amide bonds. The number of carbonyl (C=O) groups is 3. The molecule has 0 aliphatic carbocycles. The van der Waals surface area contributed by atoms with E-state index >= 15 is 0 Å². The molecule has 5 atom stereocenters. The van der Waals surface area contributed by atoms with Gasteiger partial charge in [0.1, 0.15) is 25.4 Å². The van der Waals surface area contributed by atoms with Crippen LogP contribution in [0.3, 0.4) is 0 Å². The van der Waals surface area contributed by atoms with E-state index < -0.39 is 91.5 Å². The number of hydrogen-bond donors (Lipinski definition) is 4. The maximum absolute atomic E-state index is 13.1. The molecule has 4 N–H and O–H groups in total. The molecule has 0 radical (unpaired) electrons. The number of rotatable bonds is 86. The molecule has 0 rings (SSSR count). The zero-order valence-corrected chi connectivity index (χ0v) is 75.4. The van der Waals surface area contributed by atoms with Crippen LogP contribution in [0.1, 0.15) is 367 Å². The van der Waals surface area contributed by atoms with E-state index in [4.69, 9.17) is 32.3 Å². The largest absolute Gasteiger partial charge is 0.472 e. The number of hydrogen-bond acceptors (Lipinski definition) is 14. The van der Waals surface area contributed by atoms with E-state index in [1.165, 1.54) is 109 Å². The summed E-state index contributed by atoms with van der Waals surface area (Å²) < 4.78 is 61.5. The standard InChI is InChI=1S/C99H166O16P2/c1-4-7-10-13-16-19-22-25-28-31-34-37-40-42-44-46-48-50-53-55-58-61-64-67-70-73-76-79-82-85-97(102)109-88-94(100)89-111-116(105,106)112-90-95(101)91-113-117(107,108)114-93-96(115-99(104)87-84-81-78-75-72-69-66-63-60-57-52-39-36-33-30-27-24-21-18-15-12-9-6-3)92-110-98(103)86-83-80-77-74-71-68-65-62-59-56-54-51-49-47-45-43-41-38-35-32-29-26-23-20-17-14-11-8-5-2/h7,9-10,12,16-21,25-30,34-39,42-45,48,50,57,60,94-96,100-101H,4-6,8,11,13-15,22-24,31-33,40-41,46-47,49,51-56,58-59,61-93H2,1-3H3,(H,105,106)(H,107,108)/b10-7-,12-9-,19-16-,20-17-,21-18-,28-25-,29-26-,30-27-,37-34-,38-35-,39-36-,44-42-,45-43-,50-48-,60-57-. The van der Waals surface area contributed by atoms with Gasteiger partial charge >= 0.3 is 33.6 Å². The van der Waals surface area contributed by atoms with Gasteiger partial charge in [0.15, 0.2) is 6.10 Å². The van der Waals surface area contributed by atoms with E-state index in [-0.39, 0.29) is 19.3 Å². The average molecular weight is 1670 g/mol. The number of aliphatic hydroxyl groups is 2. The Morgan fingerprint density at radius 1 is 0.248 bits per heavy atom. The number of unbranched alkanes of at least 4 members (excludes halogenated alkanes) is 33. The summed E-state index contributed by atoms with van der Waals surface area (Å²) in [5.41, 5.74) is 0. The topological polar surface area (TPSA) is 231 Å². The van der Waals surface area contributed by atoms with Crippen LogP contribution in [0.2, 0.25) is 0 Å². The molecule has 0 aromatic rings. The van der Waals surface area contributed by atoms with Gasteiger partial charge in [-0.15, -0.1) is 0 Å². The van der Waals surface area contributed by atoms with Crippen LogP contribution in [0.25, 0.3) is 0 Å². The molecule has 0 saturated carbocycles. The molecule has 0 aliphatic rings. The molecule has 0 bridgehead atoms. The lowest BCUT2D eigenvalue weighted by Gasteiger charge is -2.21. The number of carbonyl (C=O) groups excluding carboxylic acids is 3. The van der Waals surface area contributed by atoms with Crippen LogP contribution >= 0.6 is 15.6 Å². The maximum atomic E-state index is 13.1. The van der Waals surface area contributed by atoms with Gasteiger partial charge in [-0.3, -0.25) is 32.5 Å². The summed E-state index contributed by atoms with van der Waals surface area (Å²) in [5.74, 6) is -1.59. The Balaban J connectivity index is 4.66. The van der Waals surface area contributed by atoms with Gasteiger partial charge < -0.3 is 34.2 Å². The van der Waals surface area contributed by atoms with Gasteiger partial charge in [0.05, 0.1) is 26.4 Å². The highest BCUT2D eigenvalue weighted by Crippen LogP contribution is 2.45. The molecular formula is C99H166O16P2. The predicted octanol–water partition coefficient (Wildman–Crippen LogP) is 28.4. The highest BCUT2D eigenvalue weighted by atomic mass is 31.2. The molecule has 0 spiro atoms. The number of esters is 3. The monoisotopic (exact) mass is 1670 g/mol. The molecule has 0 aromatic heterocycles. The molecule has 0 saturated heterocycles. The third-order valence-corrected chi connectivity index (χ3v) is 21.0. The second kappa shape index (κ2) is 89.9. The molecule has 18 heteroatoms. The van der Waals surface area contributed by atoms with Crippen LogP contribution in [0, 0.1) is 0 Å². The van der Waals surface area contributed by atoms with Crippen LogP contribution in [0.4, 0.5) is 0 Å². The lowest BCUT2D eigenvalue weighted by molar-refractivity contribution is -0.161. The molecule has 5 unspecified atom stereocenters. The Hall–Kier alpha value is -5.35. The minimum atomic E-state index is -4.95. The normalized spacial score (nSPS) is 14.6. The summed E-state index contributed by atoms with van der Waals surface area (Å²) in [4.78, 5) is 59.0. The molecule has 0 aromatic carbocycles. The molecular weight excluding hydrogens is 1510 g/mol. The quantitative estimate of drug-likeness (QED) is 0.0146. The number of aliphatic hydroxyl groups excluding tert-OH is 2. The first-order chi connectivity index (χ1) is 57.2. The summed E-state index contributed by atoms with van der Waals surface area (Å²) in [6.45, 7) is 2.44. The SMILES string of the molecule is CC/C=C\C/C=C\C/C=C\C/C=C\C/C=C\C/C=C\CCCCCCCCCCCCC(=O)OCC(O)COP(=O)(O)OCC(O)COP(=O)(O)OCC(COC(=O)CCCCCCCCCCCCCCC/C=C\C/C=C\C/C=C\C/C=C\CCCCC)OC(=O)CCCCCCCCC/C=C\C/C=C\C/C=C\C/C=C\C/C=C\CC. The highest BCUT2D eigenvalue weighted by molar-refractivity contribution is 7.47. The summed E-state index contributed by atoms with van der Waals surface area (Å²) in [6, 6.07) is 0. The van der Waals surface area contributed by atoms with Crippen molar-refractivity contribution in [2.45, 2.75) is 386 Å². The fraction of sp³-hybridized carbons (Fsp3) is 0.667. The van der Waals surface area contributed by atoms with E-state index in [1.54, 1.807) is 0 Å². The number of allylic oxidation sites excluding steroid dienone is 30. The third kappa shape index (κ3) is 91.2. The van der Waals surface area contributed by atoms with Crippen molar-refractivity contribution in [2.24, 2.45) is 0 Å². The second-order valence-electron chi connectivity index (χ2n) is 30.3. The van der Waals surface area contributed by atoms with Crippen LogP contribution in [0.15, 0.2) is 182 Å². The minimum Gasteiger partial charge on any atom is -0.463 e. The summed E-state index contributed by atoms with van der Waals surface area (Å²) in [6.07, 6.45) is 118. The van der Waals surface area contributed by atoms with E-state index in [1.807, 2.05) is 0 Å². The zero-order chi connectivity index (χ0) is 85.1. The number of phosphoric ester groups is 2. The minimum absolute atomic E-state index is 0.0862. The van der Waals surface area contributed by atoms with E-state index in [0.29, 0.717) is 19.3 Å². The zero-order valence-electron chi connectivity index (χ0n) is 73.6. The molecule has 16 nitrogen and oxygen atoms in total. The number of ether oxygens (including phenoxy) is 3. The molecule has 0 fully saturated rings. The van der Waals surface area contributed by atoms with Gasteiger partial charge in [0.25, 0.3) is 0 Å². The van der Waals surface area contributed by atoms with Crippen LogP contribution in [-0.4, -0.2) is 95.9 Å². The Kier molecular flexibility index (Phi) is 85.8. The summed E-state index contributed by atoms with van der Waals surface area (Å²) in [7, 11) is -9.82. The van der Waals surface area contributed by atoms with Crippen LogP contribution < -0.4 is 0 Å². The molecule has 0 aliphatic heterocycles. The van der Waals surface area contributed by atoms with Gasteiger partial charge in [-0.2, -0.15) is 0 Å². The van der Waals surface area contributed by atoms with Crippen molar-refractivity contribution in [2.75, 3.05) is 39.6 Å². The third-order valence-electron chi connectivity index (χ3n) is 19.1. The van der Waals surface area contributed by atoms with Crippen molar-refractivity contribution >= 4 is 33.6 Å². The van der Waals surface area contributed by atoms with E-state index in [2.05, 4.69) is 203 Å². The predicted molar refractivity (Wildman–Crippen MR) is 491 cm³/mol. The van der Waals surface area contributed by atoms with Gasteiger partial charge in [0.2, 0.25) is 0 Å². The Bertz CT molecular complexity index is 2860. The second-order valence-corrected chi connectivity index (χ2v) is 33.2. The van der Waals surface area contributed by atoms with E-state index in [0.717, 1.165) is 199 Å². The van der Waals surface area contributed by atoms with Crippen molar-refractivity contribution < 1.29 is 75.8 Å². The first-order valence-corrected chi connectivity index (χ1v) is 49.1. The number of phosphoric acid groups is 2. The molecule has 668 valence electrons.